The van der Waals surface area contributed by atoms with E-state index < -0.39 is 0 Å². The number of nitrogens with zero attached hydrogens (tertiary/aromatic N) is 3. The van der Waals surface area contributed by atoms with Crippen LogP contribution in [-0.2, 0) is 12.8 Å². The van der Waals surface area contributed by atoms with Crippen LogP contribution in [0.5, 0.6) is 0 Å². The summed E-state index contributed by atoms with van der Waals surface area (Å²) in [5.74, 6) is 1.69. The van der Waals surface area contributed by atoms with Crippen molar-refractivity contribution in [1.82, 2.24) is 14.5 Å². The Balaban J connectivity index is 1.58. The van der Waals surface area contributed by atoms with Gasteiger partial charge in [0.2, 0.25) is 5.89 Å². The summed E-state index contributed by atoms with van der Waals surface area (Å²) < 4.78 is 7.35. The van der Waals surface area contributed by atoms with Crippen molar-refractivity contribution in [3.05, 3.63) is 76.0 Å². The molecule has 26 heavy (non-hydrogen) atoms. The van der Waals surface area contributed by atoms with E-state index in [0.717, 1.165) is 5.56 Å². The lowest BCUT2D eigenvalue weighted by atomic mass is 10.2. The van der Waals surface area contributed by atoms with Gasteiger partial charge < -0.3 is 4.42 Å². The van der Waals surface area contributed by atoms with Gasteiger partial charge in [-0.1, -0.05) is 47.6 Å². The molecule has 0 aliphatic heterocycles. The number of fused-ring (bicyclic) bond motifs is 1. The summed E-state index contributed by atoms with van der Waals surface area (Å²) >= 11 is 7.43. The summed E-state index contributed by atoms with van der Waals surface area (Å²) in [6.45, 7) is 0. The van der Waals surface area contributed by atoms with E-state index in [4.69, 9.17) is 16.0 Å². The number of halogens is 1. The highest BCUT2D eigenvalue weighted by Crippen LogP contribution is 2.26. The minimum absolute atomic E-state index is 0.0647. The van der Waals surface area contributed by atoms with Crippen LogP contribution in [0, 0.1) is 0 Å². The molecule has 2 heterocycles. The first-order valence-electron chi connectivity index (χ1n) is 7.91. The maximum atomic E-state index is 12.4. The number of para-hydroxylation sites is 1. The number of hydrogen-bond donors (Lipinski definition) is 0. The molecule has 0 unspecified atom stereocenters. The Labute approximate surface area is 158 Å². The van der Waals surface area contributed by atoms with Crippen molar-refractivity contribution in [3.8, 4) is 11.3 Å². The molecule has 130 valence electrons. The maximum Gasteiger partial charge on any atom is 0.261 e. The SMILES string of the molecule is Cn1c(SCc2ncc(-c3cccc(Cl)c3)o2)nc2ccccc2c1=O. The normalized spacial score (nSPS) is 11.2. The van der Waals surface area contributed by atoms with E-state index >= 15 is 0 Å². The average molecular weight is 384 g/mol. The van der Waals surface area contributed by atoms with E-state index in [1.807, 2.05) is 42.5 Å². The molecule has 2 aromatic heterocycles. The Morgan fingerprint density at radius 1 is 1.19 bits per heavy atom. The zero-order valence-corrected chi connectivity index (χ0v) is 15.4. The fraction of sp³-hybridized carbons (Fsp3) is 0.105. The number of thioether (sulfide) groups is 1. The summed E-state index contributed by atoms with van der Waals surface area (Å²) in [7, 11) is 1.72. The van der Waals surface area contributed by atoms with Crippen molar-refractivity contribution in [2.45, 2.75) is 10.9 Å². The summed E-state index contributed by atoms with van der Waals surface area (Å²) in [5, 5.41) is 1.88. The number of rotatable bonds is 4. The standard InChI is InChI=1S/C19H14ClN3O2S/c1-23-18(24)14-7-2-3-8-15(14)22-19(23)26-11-17-21-10-16(25-17)12-5-4-6-13(20)9-12/h2-10H,11H2,1H3. The highest BCUT2D eigenvalue weighted by atomic mass is 35.5. The van der Waals surface area contributed by atoms with Gasteiger partial charge in [0.15, 0.2) is 10.9 Å². The van der Waals surface area contributed by atoms with Crippen LogP contribution in [-0.4, -0.2) is 14.5 Å². The Hall–Kier alpha value is -2.57. The first kappa shape index (κ1) is 16.9. The molecular weight excluding hydrogens is 370 g/mol. The van der Waals surface area contributed by atoms with Crippen molar-refractivity contribution >= 4 is 34.3 Å². The number of benzene rings is 2. The molecule has 0 N–H and O–H groups in total. The molecule has 7 heteroatoms. The van der Waals surface area contributed by atoms with Gasteiger partial charge in [-0.3, -0.25) is 9.36 Å². The van der Waals surface area contributed by atoms with Crippen molar-refractivity contribution in [3.63, 3.8) is 0 Å². The van der Waals surface area contributed by atoms with Gasteiger partial charge in [0.1, 0.15) is 0 Å². The highest BCUT2D eigenvalue weighted by Gasteiger charge is 2.11. The molecular formula is C19H14ClN3O2S. The van der Waals surface area contributed by atoms with Crippen molar-refractivity contribution in [2.24, 2.45) is 7.05 Å². The first-order valence-corrected chi connectivity index (χ1v) is 9.27. The zero-order valence-electron chi connectivity index (χ0n) is 13.8. The topological polar surface area (TPSA) is 60.9 Å². The van der Waals surface area contributed by atoms with Crippen LogP contribution in [0.2, 0.25) is 5.02 Å². The monoisotopic (exact) mass is 383 g/mol. The average Bonchev–Trinajstić information content (AvgIpc) is 3.13. The minimum atomic E-state index is -0.0647. The molecule has 0 saturated heterocycles. The van der Waals surface area contributed by atoms with Crippen LogP contribution in [0.15, 0.2) is 69.1 Å². The maximum absolute atomic E-state index is 12.4. The first-order chi connectivity index (χ1) is 12.6. The van der Waals surface area contributed by atoms with E-state index in [2.05, 4.69) is 9.97 Å². The highest BCUT2D eigenvalue weighted by molar-refractivity contribution is 7.98. The molecule has 0 bridgehead atoms. The van der Waals surface area contributed by atoms with Crippen molar-refractivity contribution < 1.29 is 4.42 Å². The van der Waals surface area contributed by atoms with Gasteiger partial charge in [-0.05, 0) is 24.3 Å². The second-order valence-corrected chi connectivity index (χ2v) is 7.07. The van der Waals surface area contributed by atoms with Crippen LogP contribution in [0.3, 0.4) is 0 Å². The molecule has 0 atom stereocenters. The third-order valence-corrected chi connectivity index (χ3v) is 5.18. The number of aromatic nitrogens is 3. The van der Waals surface area contributed by atoms with Crippen LogP contribution < -0.4 is 5.56 Å². The second-order valence-electron chi connectivity index (χ2n) is 5.69. The largest absolute Gasteiger partial charge is 0.440 e. The molecule has 0 aliphatic carbocycles. The van der Waals surface area contributed by atoms with Crippen LogP contribution in [0.4, 0.5) is 0 Å². The van der Waals surface area contributed by atoms with Crippen molar-refractivity contribution in [2.75, 3.05) is 0 Å². The van der Waals surface area contributed by atoms with Gasteiger partial charge in [0, 0.05) is 17.6 Å². The minimum Gasteiger partial charge on any atom is -0.440 e. The van der Waals surface area contributed by atoms with Gasteiger partial charge in [-0.15, -0.1) is 0 Å². The zero-order chi connectivity index (χ0) is 18.1. The fourth-order valence-corrected chi connectivity index (χ4v) is 3.62. The van der Waals surface area contributed by atoms with E-state index in [1.165, 1.54) is 11.8 Å². The molecule has 4 rings (SSSR count). The molecule has 0 radical (unpaired) electrons. The lowest BCUT2D eigenvalue weighted by Gasteiger charge is -2.07. The summed E-state index contributed by atoms with van der Waals surface area (Å²) in [5.41, 5.74) is 1.49. The quantitative estimate of drug-likeness (QED) is 0.382. The van der Waals surface area contributed by atoms with E-state index in [9.17, 15) is 4.79 Å². The molecule has 0 aliphatic rings. The van der Waals surface area contributed by atoms with Crippen LogP contribution >= 0.6 is 23.4 Å². The third-order valence-electron chi connectivity index (χ3n) is 3.93. The summed E-state index contributed by atoms with van der Waals surface area (Å²) in [4.78, 5) is 21.3. The van der Waals surface area contributed by atoms with Gasteiger partial charge in [-0.25, -0.2) is 9.97 Å². The molecule has 0 amide bonds. The fourth-order valence-electron chi connectivity index (χ4n) is 2.61. The molecule has 2 aromatic carbocycles. The van der Waals surface area contributed by atoms with Gasteiger partial charge in [0.25, 0.3) is 5.56 Å². The smallest absolute Gasteiger partial charge is 0.261 e. The third kappa shape index (κ3) is 3.25. The lowest BCUT2D eigenvalue weighted by molar-refractivity contribution is 0.529. The van der Waals surface area contributed by atoms with Gasteiger partial charge in [-0.2, -0.15) is 0 Å². The molecule has 0 saturated carbocycles. The predicted molar refractivity (Wildman–Crippen MR) is 103 cm³/mol. The summed E-state index contributed by atoms with van der Waals surface area (Å²) in [6, 6.07) is 14.7. The molecule has 0 fully saturated rings. The molecule has 0 spiro atoms. The van der Waals surface area contributed by atoms with Crippen molar-refractivity contribution in [1.29, 1.82) is 0 Å². The van der Waals surface area contributed by atoms with E-state index in [1.54, 1.807) is 23.9 Å². The van der Waals surface area contributed by atoms with Crippen LogP contribution in [0.25, 0.3) is 22.2 Å². The number of oxazole rings is 1. The number of hydrogen-bond acceptors (Lipinski definition) is 5. The Morgan fingerprint density at radius 3 is 2.88 bits per heavy atom. The van der Waals surface area contributed by atoms with Gasteiger partial charge >= 0.3 is 0 Å². The lowest BCUT2D eigenvalue weighted by Crippen LogP contribution is -2.19. The van der Waals surface area contributed by atoms with Crippen LogP contribution in [0.1, 0.15) is 5.89 Å². The Morgan fingerprint density at radius 2 is 2.04 bits per heavy atom. The second kappa shape index (κ2) is 6.97. The predicted octanol–water partition coefficient (Wildman–Crippen LogP) is 4.53. The van der Waals surface area contributed by atoms with E-state index in [-0.39, 0.29) is 5.56 Å². The summed E-state index contributed by atoms with van der Waals surface area (Å²) in [6.07, 6.45) is 1.68. The van der Waals surface area contributed by atoms with Gasteiger partial charge in [0.05, 0.1) is 22.9 Å². The Kier molecular flexibility index (Phi) is 4.53. The molecule has 5 nitrogen and oxygen atoms in total. The Bertz CT molecular complexity index is 1150. The molecule has 4 aromatic rings. The van der Waals surface area contributed by atoms with E-state index in [0.29, 0.717) is 38.5 Å².